The van der Waals surface area contributed by atoms with Gasteiger partial charge in [0.2, 0.25) is 0 Å². The Hall–Kier alpha value is -0.940. The average Bonchev–Trinajstić information content (AvgIpc) is 2.64. The molecule has 17 heavy (non-hydrogen) atoms. The molecule has 0 aromatic carbocycles. The van der Waals surface area contributed by atoms with Crippen LogP contribution in [0, 0.1) is 12.8 Å². The van der Waals surface area contributed by atoms with Crippen molar-refractivity contribution in [1.82, 2.24) is 9.88 Å². The summed E-state index contributed by atoms with van der Waals surface area (Å²) >= 11 is 1.65. The molecular formula is C12H20N2O2S. The molecule has 1 rings (SSSR count). The van der Waals surface area contributed by atoms with E-state index in [1.54, 1.807) is 11.3 Å². The van der Waals surface area contributed by atoms with Crippen LogP contribution < -0.4 is 0 Å². The maximum atomic E-state index is 11.5. The van der Waals surface area contributed by atoms with Gasteiger partial charge in [0.25, 0.3) is 0 Å². The number of aromatic nitrogens is 1. The number of hydrogen-bond donors (Lipinski definition) is 0. The maximum Gasteiger partial charge on any atom is 0.309 e. The molecular weight excluding hydrogens is 236 g/mol. The van der Waals surface area contributed by atoms with E-state index < -0.39 is 0 Å². The Morgan fingerprint density at radius 1 is 1.65 bits per heavy atom. The normalized spacial score (nSPS) is 12.8. The zero-order chi connectivity index (χ0) is 12.8. The number of nitrogens with zero attached hydrogens (tertiary/aromatic N) is 2. The van der Waals surface area contributed by atoms with Gasteiger partial charge in [-0.1, -0.05) is 6.92 Å². The highest BCUT2D eigenvalue weighted by molar-refractivity contribution is 7.09. The SMILES string of the molecule is CCOC(=O)C(C)CN(C)Cc1csc(C)n1. The van der Waals surface area contributed by atoms with Crippen molar-refractivity contribution >= 4 is 17.3 Å². The van der Waals surface area contributed by atoms with E-state index in [0.29, 0.717) is 13.2 Å². The predicted octanol–water partition coefficient (Wildman–Crippen LogP) is 2.08. The van der Waals surface area contributed by atoms with Crippen molar-refractivity contribution in [3.05, 3.63) is 16.1 Å². The molecule has 0 N–H and O–H groups in total. The lowest BCUT2D eigenvalue weighted by atomic mass is 10.2. The Bertz CT molecular complexity index is 365. The summed E-state index contributed by atoms with van der Waals surface area (Å²) in [6.45, 7) is 7.62. The first-order valence-electron chi connectivity index (χ1n) is 5.79. The van der Waals surface area contributed by atoms with Crippen molar-refractivity contribution in [1.29, 1.82) is 0 Å². The molecule has 1 aromatic heterocycles. The predicted molar refractivity (Wildman–Crippen MR) is 69.0 cm³/mol. The van der Waals surface area contributed by atoms with E-state index >= 15 is 0 Å². The Morgan fingerprint density at radius 3 is 2.88 bits per heavy atom. The van der Waals surface area contributed by atoms with Gasteiger partial charge in [0.15, 0.2) is 0 Å². The molecule has 0 aliphatic heterocycles. The lowest BCUT2D eigenvalue weighted by Crippen LogP contribution is -2.29. The molecule has 0 aliphatic rings. The lowest BCUT2D eigenvalue weighted by Gasteiger charge is -2.19. The molecule has 0 amide bonds. The number of aryl methyl sites for hydroxylation is 1. The fourth-order valence-corrected chi connectivity index (χ4v) is 2.25. The van der Waals surface area contributed by atoms with Gasteiger partial charge in [-0.15, -0.1) is 11.3 Å². The summed E-state index contributed by atoms with van der Waals surface area (Å²) < 4.78 is 4.98. The van der Waals surface area contributed by atoms with Crippen LogP contribution in [0.25, 0.3) is 0 Å². The van der Waals surface area contributed by atoms with Gasteiger partial charge in [0.05, 0.1) is 23.2 Å². The third-order valence-electron chi connectivity index (χ3n) is 2.37. The Kier molecular flexibility index (Phi) is 5.58. The lowest BCUT2D eigenvalue weighted by molar-refractivity contribution is -0.147. The van der Waals surface area contributed by atoms with Crippen LogP contribution >= 0.6 is 11.3 Å². The summed E-state index contributed by atoms with van der Waals surface area (Å²) in [4.78, 5) is 18.0. The highest BCUT2D eigenvalue weighted by Crippen LogP contribution is 2.11. The molecule has 1 heterocycles. The Labute approximate surface area is 107 Å². The molecule has 0 saturated heterocycles. The third kappa shape index (κ3) is 4.83. The quantitative estimate of drug-likeness (QED) is 0.731. The molecule has 1 aromatic rings. The monoisotopic (exact) mass is 256 g/mol. The largest absolute Gasteiger partial charge is 0.466 e. The first-order valence-corrected chi connectivity index (χ1v) is 6.67. The first kappa shape index (κ1) is 14.1. The number of thiazole rings is 1. The molecule has 4 nitrogen and oxygen atoms in total. The van der Waals surface area contributed by atoms with Crippen LogP contribution in [-0.4, -0.2) is 36.1 Å². The molecule has 0 bridgehead atoms. The first-order chi connectivity index (χ1) is 8.02. The zero-order valence-corrected chi connectivity index (χ0v) is 11.7. The van der Waals surface area contributed by atoms with Crippen LogP contribution in [0.1, 0.15) is 24.5 Å². The number of rotatable bonds is 6. The van der Waals surface area contributed by atoms with Crippen LogP contribution in [0.15, 0.2) is 5.38 Å². The fraction of sp³-hybridized carbons (Fsp3) is 0.667. The van der Waals surface area contributed by atoms with E-state index in [2.05, 4.69) is 15.3 Å². The number of ether oxygens (including phenoxy) is 1. The van der Waals surface area contributed by atoms with Crippen LogP contribution in [0.5, 0.6) is 0 Å². The van der Waals surface area contributed by atoms with Crippen LogP contribution in [0.3, 0.4) is 0 Å². The Morgan fingerprint density at radius 2 is 2.35 bits per heavy atom. The summed E-state index contributed by atoms with van der Waals surface area (Å²) in [5, 5.41) is 3.13. The van der Waals surface area contributed by atoms with Gasteiger partial charge in [0, 0.05) is 18.5 Å². The minimum Gasteiger partial charge on any atom is -0.466 e. The van der Waals surface area contributed by atoms with Crippen molar-refractivity contribution in [2.24, 2.45) is 5.92 Å². The molecule has 0 saturated carbocycles. The highest BCUT2D eigenvalue weighted by atomic mass is 32.1. The van der Waals surface area contributed by atoms with E-state index in [1.165, 1.54) is 0 Å². The van der Waals surface area contributed by atoms with Gasteiger partial charge in [-0.3, -0.25) is 9.69 Å². The second-order valence-corrected chi connectivity index (χ2v) is 5.27. The van der Waals surface area contributed by atoms with Crippen LogP contribution in [0.4, 0.5) is 0 Å². The van der Waals surface area contributed by atoms with Crippen molar-refractivity contribution in [2.75, 3.05) is 20.2 Å². The second-order valence-electron chi connectivity index (χ2n) is 4.21. The number of esters is 1. The average molecular weight is 256 g/mol. The standard InChI is InChI=1S/C12H20N2O2S/c1-5-16-12(15)9(2)6-14(4)7-11-8-17-10(3)13-11/h8-9H,5-7H2,1-4H3. The highest BCUT2D eigenvalue weighted by Gasteiger charge is 2.16. The molecule has 1 unspecified atom stereocenters. The Balaban J connectivity index is 2.38. The van der Waals surface area contributed by atoms with Crippen molar-refractivity contribution in [3.8, 4) is 0 Å². The fourth-order valence-electron chi connectivity index (χ4n) is 1.65. The molecule has 1 atom stereocenters. The summed E-state index contributed by atoms with van der Waals surface area (Å²) in [6.07, 6.45) is 0. The van der Waals surface area contributed by atoms with E-state index in [-0.39, 0.29) is 11.9 Å². The van der Waals surface area contributed by atoms with Crippen molar-refractivity contribution in [3.63, 3.8) is 0 Å². The smallest absolute Gasteiger partial charge is 0.309 e. The number of carbonyl (C=O) groups excluding carboxylic acids is 1. The number of carbonyl (C=O) groups is 1. The van der Waals surface area contributed by atoms with Gasteiger partial charge >= 0.3 is 5.97 Å². The topological polar surface area (TPSA) is 42.4 Å². The van der Waals surface area contributed by atoms with Gasteiger partial charge < -0.3 is 4.74 Å². The van der Waals surface area contributed by atoms with E-state index in [9.17, 15) is 4.79 Å². The molecule has 0 spiro atoms. The molecule has 0 aliphatic carbocycles. The van der Waals surface area contributed by atoms with Gasteiger partial charge in [0.1, 0.15) is 0 Å². The van der Waals surface area contributed by atoms with Gasteiger partial charge in [-0.05, 0) is 20.9 Å². The van der Waals surface area contributed by atoms with E-state index in [1.807, 2.05) is 27.8 Å². The summed E-state index contributed by atoms with van der Waals surface area (Å²) in [6, 6.07) is 0. The minimum atomic E-state index is -0.131. The van der Waals surface area contributed by atoms with Crippen molar-refractivity contribution in [2.45, 2.75) is 27.3 Å². The van der Waals surface area contributed by atoms with Crippen LogP contribution in [0.2, 0.25) is 0 Å². The van der Waals surface area contributed by atoms with E-state index in [0.717, 1.165) is 17.2 Å². The molecule has 0 fully saturated rings. The van der Waals surface area contributed by atoms with Gasteiger partial charge in [-0.25, -0.2) is 4.98 Å². The molecule has 5 heteroatoms. The summed E-state index contributed by atoms with van der Waals surface area (Å²) in [5.74, 6) is -0.228. The maximum absolute atomic E-state index is 11.5. The van der Waals surface area contributed by atoms with Crippen LogP contribution in [-0.2, 0) is 16.1 Å². The summed E-state index contributed by atoms with van der Waals surface area (Å²) in [7, 11) is 1.99. The minimum absolute atomic E-state index is 0.0975. The van der Waals surface area contributed by atoms with E-state index in [4.69, 9.17) is 4.74 Å². The molecule has 0 radical (unpaired) electrons. The van der Waals surface area contributed by atoms with Crippen molar-refractivity contribution < 1.29 is 9.53 Å². The third-order valence-corrected chi connectivity index (χ3v) is 3.20. The molecule has 96 valence electrons. The zero-order valence-electron chi connectivity index (χ0n) is 10.9. The second kappa shape index (κ2) is 6.71. The number of hydrogen-bond acceptors (Lipinski definition) is 5. The summed E-state index contributed by atoms with van der Waals surface area (Å²) in [5.41, 5.74) is 1.06. The van der Waals surface area contributed by atoms with Gasteiger partial charge in [-0.2, -0.15) is 0 Å².